The lowest BCUT2D eigenvalue weighted by Gasteiger charge is -2.12. The number of carbonyl (C=O) groups excluding carboxylic acids is 1. The Morgan fingerprint density at radius 3 is 2.44 bits per heavy atom. The van der Waals surface area contributed by atoms with Crippen molar-refractivity contribution in [2.75, 3.05) is 13.2 Å². The van der Waals surface area contributed by atoms with Crippen LogP contribution in [-0.2, 0) is 16.0 Å². The van der Waals surface area contributed by atoms with E-state index in [0.717, 1.165) is 5.56 Å². The van der Waals surface area contributed by atoms with Gasteiger partial charge < -0.3 is 15.5 Å². The van der Waals surface area contributed by atoms with Crippen molar-refractivity contribution in [3.8, 4) is 0 Å². The van der Waals surface area contributed by atoms with Crippen molar-refractivity contribution >= 4 is 11.9 Å². The van der Waals surface area contributed by atoms with Gasteiger partial charge in [-0.2, -0.15) is 0 Å². The number of amides is 1. The van der Waals surface area contributed by atoms with Crippen molar-refractivity contribution in [2.45, 2.75) is 12.8 Å². The van der Waals surface area contributed by atoms with Crippen molar-refractivity contribution in [3.05, 3.63) is 35.9 Å². The fourth-order valence-corrected chi connectivity index (χ4v) is 1.55. The molecule has 0 spiro atoms. The summed E-state index contributed by atoms with van der Waals surface area (Å²) >= 11 is 0. The van der Waals surface area contributed by atoms with Crippen molar-refractivity contribution in [2.24, 2.45) is 5.92 Å². The number of rotatable bonds is 7. The van der Waals surface area contributed by atoms with Crippen LogP contribution in [0.1, 0.15) is 12.0 Å². The summed E-state index contributed by atoms with van der Waals surface area (Å²) in [5, 5.41) is 20.2. The van der Waals surface area contributed by atoms with Gasteiger partial charge in [-0.25, -0.2) is 0 Å². The lowest BCUT2D eigenvalue weighted by Crippen LogP contribution is -2.32. The zero-order chi connectivity index (χ0) is 13.4. The maximum absolute atomic E-state index is 11.6. The number of nitrogens with one attached hydrogen (secondary N) is 1. The second-order valence-electron chi connectivity index (χ2n) is 4.11. The van der Waals surface area contributed by atoms with Gasteiger partial charge in [0.2, 0.25) is 5.91 Å². The predicted molar refractivity (Wildman–Crippen MR) is 66.0 cm³/mol. The highest BCUT2D eigenvalue weighted by Gasteiger charge is 2.13. The molecule has 0 aliphatic heterocycles. The smallest absolute Gasteiger partial charge is 0.303 e. The Morgan fingerprint density at radius 2 is 1.89 bits per heavy atom. The summed E-state index contributed by atoms with van der Waals surface area (Å²) in [6, 6.07) is 9.27. The van der Waals surface area contributed by atoms with Crippen LogP contribution in [-0.4, -0.2) is 35.2 Å². The van der Waals surface area contributed by atoms with Gasteiger partial charge in [-0.15, -0.1) is 0 Å². The number of hydrogen-bond acceptors (Lipinski definition) is 3. The molecule has 18 heavy (non-hydrogen) atoms. The summed E-state index contributed by atoms with van der Waals surface area (Å²) < 4.78 is 0. The van der Waals surface area contributed by atoms with Gasteiger partial charge in [0.1, 0.15) is 0 Å². The molecule has 1 rings (SSSR count). The highest BCUT2D eigenvalue weighted by atomic mass is 16.4. The third-order valence-corrected chi connectivity index (χ3v) is 2.52. The number of aliphatic carboxylic acids is 1. The maximum atomic E-state index is 11.6. The van der Waals surface area contributed by atoms with Crippen LogP contribution in [0.5, 0.6) is 0 Å². The van der Waals surface area contributed by atoms with Crippen molar-refractivity contribution in [1.82, 2.24) is 5.32 Å². The van der Waals surface area contributed by atoms with Crippen molar-refractivity contribution in [3.63, 3.8) is 0 Å². The van der Waals surface area contributed by atoms with Crippen molar-refractivity contribution in [1.29, 1.82) is 0 Å². The number of carboxylic acid groups (broad SMARTS) is 1. The van der Waals surface area contributed by atoms with Crippen LogP contribution in [0, 0.1) is 5.92 Å². The third-order valence-electron chi connectivity index (χ3n) is 2.52. The summed E-state index contributed by atoms with van der Waals surface area (Å²) in [7, 11) is 0. The first-order valence-corrected chi connectivity index (χ1v) is 5.75. The summed E-state index contributed by atoms with van der Waals surface area (Å²) in [6.07, 6.45) is 0.105. The molecule has 3 N–H and O–H groups in total. The van der Waals surface area contributed by atoms with E-state index in [1.165, 1.54) is 0 Å². The van der Waals surface area contributed by atoms with E-state index in [1.54, 1.807) is 0 Å². The minimum Gasteiger partial charge on any atom is -0.481 e. The normalized spacial score (nSPS) is 11.8. The average Bonchev–Trinajstić information content (AvgIpc) is 2.35. The van der Waals surface area contributed by atoms with Crippen LogP contribution in [0.4, 0.5) is 0 Å². The first kappa shape index (κ1) is 14.2. The second-order valence-corrected chi connectivity index (χ2v) is 4.11. The molecule has 0 saturated carbocycles. The van der Waals surface area contributed by atoms with E-state index in [9.17, 15) is 9.59 Å². The molecule has 0 aromatic heterocycles. The van der Waals surface area contributed by atoms with E-state index in [4.69, 9.17) is 10.2 Å². The molecule has 0 aliphatic rings. The van der Waals surface area contributed by atoms with E-state index in [-0.39, 0.29) is 31.9 Å². The lowest BCUT2D eigenvalue weighted by molar-refractivity contribution is -0.138. The summed E-state index contributed by atoms with van der Waals surface area (Å²) in [4.78, 5) is 22.1. The van der Waals surface area contributed by atoms with E-state index < -0.39 is 11.9 Å². The lowest BCUT2D eigenvalue weighted by atomic mass is 10.1. The molecule has 1 atom stereocenters. The number of hydrogen-bond donors (Lipinski definition) is 3. The molecule has 0 saturated heterocycles. The van der Waals surface area contributed by atoms with Crippen LogP contribution in [0.3, 0.4) is 0 Å². The zero-order valence-electron chi connectivity index (χ0n) is 10.0. The Balaban J connectivity index is 2.34. The Hall–Kier alpha value is -1.88. The molecule has 0 fully saturated rings. The summed E-state index contributed by atoms with van der Waals surface area (Å²) in [5.41, 5.74) is 0.897. The van der Waals surface area contributed by atoms with Gasteiger partial charge in [0, 0.05) is 19.1 Å². The largest absolute Gasteiger partial charge is 0.481 e. The molecular weight excluding hydrogens is 234 g/mol. The third kappa shape index (κ3) is 5.45. The topological polar surface area (TPSA) is 86.6 Å². The Kier molecular flexibility index (Phi) is 5.87. The molecule has 0 aliphatic carbocycles. The number of carboxylic acids is 1. The predicted octanol–water partition coefficient (Wildman–Crippen LogP) is 0.428. The van der Waals surface area contributed by atoms with Gasteiger partial charge in [-0.3, -0.25) is 9.59 Å². The fraction of sp³-hybridized carbons (Fsp3) is 0.385. The summed E-state index contributed by atoms with van der Waals surface area (Å²) in [5.74, 6) is -1.60. The first-order chi connectivity index (χ1) is 8.61. The van der Waals surface area contributed by atoms with E-state index in [0.29, 0.717) is 0 Å². The molecule has 1 amide bonds. The molecule has 0 heterocycles. The maximum Gasteiger partial charge on any atom is 0.303 e. The molecule has 1 unspecified atom stereocenters. The summed E-state index contributed by atoms with van der Waals surface area (Å²) in [6.45, 7) is -0.0770. The standard InChI is InChI=1S/C13H17NO4/c15-9-11(7-13(17)18)8-14-12(16)6-10-4-2-1-3-5-10/h1-5,11,15H,6-9H2,(H,14,16)(H,17,18). The van der Waals surface area contributed by atoms with Gasteiger partial charge in [0.05, 0.1) is 12.8 Å². The van der Waals surface area contributed by atoms with Gasteiger partial charge in [-0.05, 0) is 5.56 Å². The van der Waals surface area contributed by atoms with E-state index >= 15 is 0 Å². The first-order valence-electron chi connectivity index (χ1n) is 5.75. The van der Waals surface area contributed by atoms with Gasteiger partial charge >= 0.3 is 5.97 Å². The molecule has 0 bridgehead atoms. The average molecular weight is 251 g/mol. The highest BCUT2D eigenvalue weighted by Crippen LogP contribution is 2.02. The molecule has 1 aromatic carbocycles. The molecule has 98 valence electrons. The second kappa shape index (κ2) is 7.45. The fourth-order valence-electron chi connectivity index (χ4n) is 1.55. The number of aliphatic hydroxyl groups excluding tert-OH is 1. The Morgan fingerprint density at radius 1 is 1.22 bits per heavy atom. The number of carbonyl (C=O) groups is 2. The van der Waals surface area contributed by atoms with Crippen LogP contribution in [0.25, 0.3) is 0 Å². The molecule has 5 heteroatoms. The minimum absolute atomic E-state index is 0.151. The Labute approximate surface area is 105 Å². The van der Waals surface area contributed by atoms with Crippen LogP contribution < -0.4 is 5.32 Å². The quantitative estimate of drug-likeness (QED) is 0.656. The minimum atomic E-state index is -0.980. The van der Waals surface area contributed by atoms with Crippen LogP contribution in [0.15, 0.2) is 30.3 Å². The Bertz CT molecular complexity index is 391. The van der Waals surface area contributed by atoms with Gasteiger partial charge in [0.25, 0.3) is 0 Å². The highest BCUT2D eigenvalue weighted by molar-refractivity contribution is 5.78. The molecule has 5 nitrogen and oxygen atoms in total. The van der Waals surface area contributed by atoms with Crippen LogP contribution >= 0.6 is 0 Å². The number of aliphatic hydroxyl groups is 1. The van der Waals surface area contributed by atoms with E-state index in [1.807, 2.05) is 30.3 Å². The van der Waals surface area contributed by atoms with Gasteiger partial charge in [-0.1, -0.05) is 30.3 Å². The van der Waals surface area contributed by atoms with Crippen molar-refractivity contribution < 1.29 is 19.8 Å². The molecule has 0 radical (unpaired) electrons. The van der Waals surface area contributed by atoms with E-state index in [2.05, 4.69) is 5.32 Å². The zero-order valence-corrected chi connectivity index (χ0v) is 10.0. The van der Waals surface area contributed by atoms with Gasteiger partial charge in [0.15, 0.2) is 0 Å². The number of benzene rings is 1. The monoisotopic (exact) mass is 251 g/mol. The molecular formula is C13H17NO4. The van der Waals surface area contributed by atoms with Crippen LogP contribution in [0.2, 0.25) is 0 Å². The SMILES string of the molecule is O=C(O)CC(CO)CNC(=O)Cc1ccccc1. The molecule has 1 aromatic rings.